The number of benzene rings is 17. The largest absolute Gasteiger partial charge is 0.356 e. The zero-order valence-electron chi connectivity index (χ0n) is 59.0. The van der Waals surface area contributed by atoms with Crippen LogP contribution in [0.5, 0.6) is 0 Å². The summed E-state index contributed by atoms with van der Waals surface area (Å²) < 4.78 is 2.29. The highest BCUT2D eigenvalue weighted by molar-refractivity contribution is 9.11. The van der Waals surface area contributed by atoms with Gasteiger partial charge in [-0.05, 0) is 218 Å². The fraction of sp³-hybridized carbons (Fsp3) is 0.0909. The van der Waals surface area contributed by atoms with Crippen LogP contribution in [0.3, 0.4) is 0 Å². The van der Waals surface area contributed by atoms with Gasteiger partial charge in [-0.1, -0.05) is 316 Å². The molecule has 0 unspecified atom stereocenters. The Bertz CT molecular complexity index is 5960. The van der Waals surface area contributed by atoms with Gasteiger partial charge in [0.15, 0.2) is 0 Å². The van der Waals surface area contributed by atoms with Gasteiger partial charge < -0.3 is 15.1 Å². The molecular weight excluding hydrogens is 1390 g/mol. The Morgan fingerprint density at radius 1 is 0.212 bits per heavy atom. The van der Waals surface area contributed by atoms with Gasteiger partial charge >= 0.3 is 0 Å². The Hall–Kier alpha value is -11.3. The van der Waals surface area contributed by atoms with E-state index < -0.39 is 0 Å². The van der Waals surface area contributed by atoms with Crippen LogP contribution in [0.1, 0.15) is 74.9 Å². The van der Waals surface area contributed by atoms with Crippen LogP contribution in [-0.2, 0) is 16.2 Å². The molecule has 0 heterocycles. The molecule has 0 bridgehead atoms. The Kier molecular flexibility index (Phi) is 15.9. The molecule has 0 saturated heterocycles. The summed E-state index contributed by atoms with van der Waals surface area (Å²) in [6.45, 7) is 14.1. The van der Waals surface area contributed by atoms with Crippen LogP contribution in [0.4, 0.5) is 45.5 Å². The molecule has 0 atom stereocenters. The Morgan fingerprint density at radius 3 is 0.894 bits per heavy atom. The standard InChI is InChI=1S/C60H46N2.C21H19N.C18H10Br2/c1-59(2)53-29-17-15-25-45(53)47-33-31-41(35-55(47)59)61(39-19-7-5-8-20-39)57-37-51-44-24-12-14-28-50(44)58(38-52(51)43-23-11-13-27-49(43)57)62(40-21-9-6-10-22-40)42-32-34-48-46-26-16-18-30-54(46)60(3,4)56(48)36-42;1-21(2)19-11-7-6-10-17(19)18-13-12-16(14-20(18)21)22-15-8-4-3-5-9-15;19-17-10-16-12-6-2-4-8-14(12)18(20)9-15(16)11-5-1-3-7-13(11)17/h5-38H,1-4H3;3-14,22H,1-2H3;1-10H. The Balaban J connectivity index is 0.000000148. The van der Waals surface area contributed by atoms with Crippen LogP contribution in [0.2, 0.25) is 0 Å². The van der Waals surface area contributed by atoms with Gasteiger partial charge in [0, 0.05) is 70.1 Å². The lowest BCUT2D eigenvalue weighted by Gasteiger charge is -2.31. The van der Waals surface area contributed by atoms with E-state index in [1.165, 1.54) is 131 Å². The second kappa shape index (κ2) is 25.6. The van der Waals surface area contributed by atoms with E-state index >= 15 is 0 Å². The molecule has 0 saturated carbocycles. The molecule has 500 valence electrons. The van der Waals surface area contributed by atoms with Gasteiger partial charge in [-0.2, -0.15) is 0 Å². The smallest absolute Gasteiger partial charge is 0.0546 e. The van der Waals surface area contributed by atoms with E-state index in [0.717, 1.165) is 54.4 Å². The lowest BCUT2D eigenvalue weighted by Crippen LogP contribution is -2.17. The highest BCUT2D eigenvalue weighted by atomic mass is 79.9. The van der Waals surface area contributed by atoms with Gasteiger partial charge in [0.25, 0.3) is 0 Å². The first-order valence-electron chi connectivity index (χ1n) is 36.0. The summed E-state index contributed by atoms with van der Waals surface area (Å²) in [5.74, 6) is 0. The topological polar surface area (TPSA) is 18.5 Å². The molecule has 0 amide bonds. The SMILES string of the molecule is Brc1cc2c3ccccc3c(Br)cc2c2ccccc12.CC1(C)c2ccccc2-c2ccc(N(c3ccccc3)c3cc4c5ccccc5c(N(c5ccccc5)c5ccc6c(c5)C(C)(C)c5ccccc5-6)cc4c4ccccc34)cc21.CC1(C)c2ccccc2-c2ccc(Nc3ccccc3)cc21. The number of hydrogen-bond acceptors (Lipinski definition) is 3. The van der Waals surface area contributed by atoms with Gasteiger partial charge in [-0.3, -0.25) is 0 Å². The third-order valence-electron chi connectivity index (χ3n) is 22.4. The summed E-state index contributed by atoms with van der Waals surface area (Å²) >= 11 is 7.42. The molecule has 0 fully saturated rings. The van der Waals surface area contributed by atoms with E-state index in [0.29, 0.717) is 0 Å². The fourth-order valence-electron chi connectivity index (χ4n) is 17.3. The first-order chi connectivity index (χ1) is 50.7. The molecule has 20 rings (SSSR count). The molecule has 0 aromatic heterocycles. The van der Waals surface area contributed by atoms with Crippen molar-refractivity contribution in [1.82, 2.24) is 0 Å². The summed E-state index contributed by atoms with van der Waals surface area (Å²) in [7, 11) is 0. The molecule has 104 heavy (non-hydrogen) atoms. The average molecular weight is 1470 g/mol. The van der Waals surface area contributed by atoms with Crippen LogP contribution >= 0.6 is 31.9 Å². The average Bonchev–Trinajstić information content (AvgIpc) is 0.984. The Morgan fingerprint density at radius 2 is 0.500 bits per heavy atom. The van der Waals surface area contributed by atoms with E-state index in [4.69, 9.17) is 0 Å². The third kappa shape index (κ3) is 10.7. The van der Waals surface area contributed by atoms with Crippen molar-refractivity contribution in [2.24, 2.45) is 0 Å². The fourth-order valence-corrected chi connectivity index (χ4v) is 18.4. The summed E-state index contributed by atoms with van der Waals surface area (Å²) in [5, 5.41) is 18.4. The molecule has 17 aromatic carbocycles. The quantitative estimate of drug-likeness (QED) is 0.153. The molecule has 0 aliphatic heterocycles. The van der Waals surface area contributed by atoms with Crippen LogP contribution in [0, 0.1) is 0 Å². The molecule has 3 nitrogen and oxygen atoms in total. The van der Waals surface area contributed by atoms with Crippen molar-refractivity contribution < 1.29 is 0 Å². The number of nitrogens with zero attached hydrogens (tertiary/aromatic N) is 2. The number of rotatable bonds is 8. The van der Waals surface area contributed by atoms with Crippen LogP contribution in [0.25, 0.3) is 98.0 Å². The van der Waals surface area contributed by atoms with E-state index in [1.54, 1.807) is 0 Å². The van der Waals surface area contributed by atoms with Crippen LogP contribution in [0.15, 0.2) is 349 Å². The minimum Gasteiger partial charge on any atom is -0.356 e. The van der Waals surface area contributed by atoms with Crippen molar-refractivity contribution in [2.75, 3.05) is 15.1 Å². The second-order valence-electron chi connectivity index (χ2n) is 29.4. The van der Waals surface area contributed by atoms with Crippen molar-refractivity contribution in [3.63, 3.8) is 0 Å². The number of nitrogens with one attached hydrogen (secondary N) is 1. The van der Waals surface area contributed by atoms with E-state index in [9.17, 15) is 0 Å². The Labute approximate surface area is 625 Å². The predicted molar refractivity (Wildman–Crippen MR) is 452 cm³/mol. The first kappa shape index (κ1) is 64.7. The minimum absolute atomic E-state index is 0.0559. The molecule has 3 aliphatic rings. The first-order valence-corrected chi connectivity index (χ1v) is 37.6. The molecule has 3 aliphatic carbocycles. The van der Waals surface area contributed by atoms with Gasteiger partial charge in [0.05, 0.1) is 11.4 Å². The maximum absolute atomic E-state index is 3.71. The van der Waals surface area contributed by atoms with Crippen molar-refractivity contribution in [2.45, 2.75) is 57.8 Å². The second-order valence-corrected chi connectivity index (χ2v) is 31.2. The van der Waals surface area contributed by atoms with Gasteiger partial charge in [0.2, 0.25) is 0 Å². The zero-order valence-corrected chi connectivity index (χ0v) is 62.2. The highest BCUT2D eigenvalue weighted by Gasteiger charge is 2.39. The molecule has 5 heteroatoms. The third-order valence-corrected chi connectivity index (χ3v) is 23.7. The number of fused-ring (bicyclic) bond motifs is 19. The lowest BCUT2D eigenvalue weighted by molar-refractivity contribution is 0.660. The predicted octanol–water partition coefficient (Wildman–Crippen LogP) is 29.1. The van der Waals surface area contributed by atoms with Crippen LogP contribution in [-0.4, -0.2) is 0 Å². The van der Waals surface area contributed by atoms with Crippen LogP contribution < -0.4 is 15.1 Å². The molecular formula is C99H75Br2N3. The van der Waals surface area contributed by atoms with E-state index in [2.05, 4.69) is 422 Å². The van der Waals surface area contributed by atoms with Gasteiger partial charge in [0.1, 0.15) is 0 Å². The van der Waals surface area contributed by atoms with E-state index in [1.807, 2.05) is 6.07 Å². The lowest BCUT2D eigenvalue weighted by atomic mass is 9.82. The van der Waals surface area contributed by atoms with Gasteiger partial charge in [-0.25, -0.2) is 0 Å². The summed E-state index contributed by atoms with van der Waals surface area (Å²) in [6, 6.07) is 124. The number of hydrogen-bond donors (Lipinski definition) is 1. The maximum atomic E-state index is 3.71. The summed E-state index contributed by atoms with van der Waals surface area (Å²) in [6.07, 6.45) is 0. The van der Waals surface area contributed by atoms with Crippen molar-refractivity contribution >= 4 is 142 Å². The molecule has 17 aromatic rings. The number of para-hydroxylation sites is 3. The molecule has 0 radical (unpaired) electrons. The van der Waals surface area contributed by atoms with Crippen molar-refractivity contribution in [1.29, 1.82) is 0 Å². The summed E-state index contributed by atoms with van der Waals surface area (Å²) in [4.78, 5) is 4.95. The molecule has 1 N–H and O–H groups in total. The normalized spacial score (nSPS) is 13.6. The number of anilines is 8. The van der Waals surface area contributed by atoms with Crippen molar-refractivity contribution in [3.05, 3.63) is 382 Å². The number of halogens is 2. The molecule has 0 spiro atoms. The zero-order chi connectivity index (χ0) is 70.6. The van der Waals surface area contributed by atoms with Gasteiger partial charge in [-0.15, -0.1) is 0 Å². The maximum Gasteiger partial charge on any atom is 0.0546 e. The van der Waals surface area contributed by atoms with Crippen molar-refractivity contribution in [3.8, 4) is 33.4 Å². The minimum atomic E-state index is -0.120. The van der Waals surface area contributed by atoms with E-state index in [-0.39, 0.29) is 16.2 Å². The highest BCUT2D eigenvalue weighted by Crippen LogP contribution is 2.56. The monoisotopic (exact) mass is 1460 g/mol. The summed E-state index contributed by atoms with van der Waals surface area (Å²) in [5.41, 5.74) is 25.3.